The number of hydrogen-bond donors (Lipinski definition) is 2. The number of rotatable bonds is 3. The predicted molar refractivity (Wildman–Crippen MR) is 107 cm³/mol. The van der Waals surface area contributed by atoms with Gasteiger partial charge in [0.1, 0.15) is 5.82 Å². The molecule has 2 saturated heterocycles. The molecule has 0 spiro atoms. The molecule has 0 aliphatic carbocycles. The third-order valence-electron chi connectivity index (χ3n) is 6.02. The lowest BCUT2D eigenvalue weighted by Crippen LogP contribution is -2.50. The third-order valence-corrected chi connectivity index (χ3v) is 6.49. The number of anilines is 1. The first-order valence-electron chi connectivity index (χ1n) is 9.31. The number of piperidine rings is 1. The Morgan fingerprint density at radius 3 is 2.79 bits per heavy atom. The minimum Gasteiger partial charge on any atom is -0.366 e. The quantitative estimate of drug-likeness (QED) is 0.771. The molecule has 1 unspecified atom stereocenters. The smallest absolute Gasteiger partial charge is 0.250 e. The number of fused-ring (bicyclic) bond motifs is 2. The molecule has 28 heavy (non-hydrogen) atoms. The number of nitrogens with one attached hydrogen (secondary N) is 1. The molecule has 0 bridgehead atoms. The summed E-state index contributed by atoms with van der Waals surface area (Å²) in [7, 11) is 0. The molecule has 2 aliphatic heterocycles. The van der Waals surface area contributed by atoms with Gasteiger partial charge in [0.05, 0.1) is 27.8 Å². The standard InChI is InChI=1S/C20H22ClFN4O2/c1-3-15(27)26-7-5-11-4-6-25(9-14(11)26)19-13(22)8-12(20(23)28)18-16(19)17(21)10(2)24-18/h3,8,11,14,24H,1,4-7,9H2,2H3,(H2,23,28)/t11?,14-/m0/s1. The van der Waals surface area contributed by atoms with Crippen LogP contribution in [0.25, 0.3) is 10.9 Å². The Balaban J connectivity index is 1.80. The van der Waals surface area contributed by atoms with Gasteiger partial charge in [0.15, 0.2) is 0 Å². The van der Waals surface area contributed by atoms with Crippen LogP contribution >= 0.6 is 11.6 Å². The molecule has 6 nitrogen and oxygen atoms in total. The maximum Gasteiger partial charge on any atom is 0.250 e. The third kappa shape index (κ3) is 2.76. The number of hydrogen-bond acceptors (Lipinski definition) is 3. The van der Waals surface area contributed by atoms with Crippen LogP contribution in [0.2, 0.25) is 5.02 Å². The fraction of sp³-hybridized carbons (Fsp3) is 0.400. The van der Waals surface area contributed by atoms with Crippen molar-refractivity contribution < 1.29 is 14.0 Å². The average molecular weight is 405 g/mol. The summed E-state index contributed by atoms with van der Waals surface area (Å²) in [5.74, 6) is -0.961. The lowest BCUT2D eigenvalue weighted by Gasteiger charge is -2.39. The molecule has 2 aromatic rings. The van der Waals surface area contributed by atoms with E-state index in [9.17, 15) is 9.59 Å². The number of carbonyl (C=O) groups is 2. The van der Waals surface area contributed by atoms with Gasteiger partial charge in [-0.1, -0.05) is 18.2 Å². The van der Waals surface area contributed by atoms with E-state index >= 15 is 4.39 Å². The Morgan fingerprint density at radius 2 is 2.11 bits per heavy atom. The molecule has 8 heteroatoms. The number of primary amides is 1. The van der Waals surface area contributed by atoms with E-state index in [1.165, 1.54) is 12.1 Å². The van der Waals surface area contributed by atoms with Crippen LogP contribution in [0, 0.1) is 18.7 Å². The average Bonchev–Trinajstić information content (AvgIpc) is 3.22. The number of carbonyl (C=O) groups excluding carboxylic acids is 2. The zero-order valence-corrected chi connectivity index (χ0v) is 16.4. The number of aryl methyl sites for hydroxylation is 1. The highest BCUT2D eigenvalue weighted by molar-refractivity contribution is 6.38. The van der Waals surface area contributed by atoms with Gasteiger partial charge in [-0.25, -0.2) is 4.39 Å². The molecule has 1 aromatic heterocycles. The van der Waals surface area contributed by atoms with E-state index in [2.05, 4.69) is 11.6 Å². The maximum atomic E-state index is 15.2. The van der Waals surface area contributed by atoms with Crippen molar-refractivity contribution >= 4 is 40.0 Å². The van der Waals surface area contributed by atoms with Crippen molar-refractivity contribution in [3.8, 4) is 0 Å². The van der Waals surface area contributed by atoms with Gasteiger partial charge < -0.3 is 20.5 Å². The summed E-state index contributed by atoms with van der Waals surface area (Å²) in [6.07, 6.45) is 3.12. The van der Waals surface area contributed by atoms with E-state index in [4.69, 9.17) is 17.3 Å². The van der Waals surface area contributed by atoms with E-state index in [0.29, 0.717) is 52.9 Å². The van der Waals surface area contributed by atoms with Crippen LogP contribution in [0.1, 0.15) is 28.9 Å². The highest BCUT2D eigenvalue weighted by Gasteiger charge is 2.41. The second-order valence-electron chi connectivity index (χ2n) is 7.52. The summed E-state index contributed by atoms with van der Waals surface area (Å²) in [4.78, 5) is 30.8. The number of benzene rings is 1. The Kier molecular flexibility index (Phi) is 4.57. The fourth-order valence-electron chi connectivity index (χ4n) is 4.65. The van der Waals surface area contributed by atoms with Crippen molar-refractivity contribution in [3.63, 3.8) is 0 Å². The number of aromatic amines is 1. The molecule has 4 rings (SSSR count). The van der Waals surface area contributed by atoms with Gasteiger partial charge in [0, 0.05) is 30.7 Å². The Bertz CT molecular complexity index is 1000. The van der Waals surface area contributed by atoms with Crippen molar-refractivity contribution in [3.05, 3.63) is 40.8 Å². The summed E-state index contributed by atoms with van der Waals surface area (Å²) in [6, 6.07) is 1.17. The fourth-order valence-corrected chi connectivity index (χ4v) is 4.88. The van der Waals surface area contributed by atoms with Crippen LogP contribution in [0.15, 0.2) is 18.7 Å². The van der Waals surface area contributed by atoms with Crippen molar-refractivity contribution in [2.24, 2.45) is 11.7 Å². The zero-order chi connectivity index (χ0) is 20.2. The summed E-state index contributed by atoms with van der Waals surface area (Å²) in [5.41, 5.74) is 6.95. The number of amides is 2. The van der Waals surface area contributed by atoms with Crippen LogP contribution in [-0.4, -0.2) is 47.4 Å². The summed E-state index contributed by atoms with van der Waals surface area (Å²) < 4.78 is 15.2. The van der Waals surface area contributed by atoms with Gasteiger partial charge in [0.2, 0.25) is 5.91 Å². The molecule has 3 N–H and O–H groups in total. The van der Waals surface area contributed by atoms with E-state index in [0.717, 1.165) is 12.8 Å². The number of nitrogens with zero attached hydrogens (tertiary/aromatic N) is 2. The van der Waals surface area contributed by atoms with E-state index < -0.39 is 11.7 Å². The van der Waals surface area contributed by atoms with Crippen LogP contribution in [0.3, 0.4) is 0 Å². The first kappa shape index (κ1) is 18.8. The SMILES string of the molecule is C=CC(=O)N1CCC2CCN(c3c(F)cc(C(N)=O)c4[nH]c(C)c(Cl)c34)C[C@@H]21. The number of H-pyrrole nitrogens is 1. The van der Waals surface area contributed by atoms with Crippen molar-refractivity contribution in [2.45, 2.75) is 25.8 Å². The second kappa shape index (κ2) is 6.81. The normalized spacial score (nSPS) is 21.8. The second-order valence-corrected chi connectivity index (χ2v) is 7.90. The predicted octanol–water partition coefficient (Wildman–Crippen LogP) is 2.98. The van der Waals surface area contributed by atoms with Crippen LogP contribution < -0.4 is 10.6 Å². The molecule has 3 heterocycles. The lowest BCUT2D eigenvalue weighted by atomic mass is 9.91. The topological polar surface area (TPSA) is 82.4 Å². The first-order valence-corrected chi connectivity index (χ1v) is 9.69. The Labute approximate surface area is 167 Å². The number of aromatic nitrogens is 1. The van der Waals surface area contributed by atoms with E-state index in [1.54, 1.807) is 6.92 Å². The molecule has 1 aromatic carbocycles. The summed E-state index contributed by atoms with van der Waals surface area (Å²) in [5, 5.41) is 0.839. The van der Waals surface area contributed by atoms with Gasteiger partial charge in [-0.15, -0.1) is 0 Å². The summed E-state index contributed by atoms with van der Waals surface area (Å²) >= 11 is 6.47. The van der Waals surface area contributed by atoms with E-state index in [1.807, 2.05) is 9.80 Å². The molecule has 2 aliphatic rings. The minimum atomic E-state index is -0.717. The first-order chi connectivity index (χ1) is 13.3. The lowest BCUT2D eigenvalue weighted by molar-refractivity contribution is -0.127. The highest BCUT2D eigenvalue weighted by atomic mass is 35.5. The summed E-state index contributed by atoms with van der Waals surface area (Å²) in [6.45, 7) is 7.20. The van der Waals surface area contributed by atoms with Crippen LogP contribution in [0.5, 0.6) is 0 Å². The van der Waals surface area contributed by atoms with Crippen molar-refractivity contribution in [1.82, 2.24) is 9.88 Å². The monoisotopic (exact) mass is 404 g/mol. The largest absolute Gasteiger partial charge is 0.366 e. The number of halogens is 2. The minimum absolute atomic E-state index is 0.00308. The zero-order valence-electron chi connectivity index (χ0n) is 15.6. The molecule has 148 valence electrons. The van der Waals surface area contributed by atoms with Crippen LogP contribution in [0.4, 0.5) is 10.1 Å². The maximum absolute atomic E-state index is 15.2. The molecule has 2 amide bonds. The Hall–Kier alpha value is -2.54. The van der Waals surface area contributed by atoms with Gasteiger partial charge in [0.25, 0.3) is 5.91 Å². The van der Waals surface area contributed by atoms with Crippen molar-refractivity contribution in [2.75, 3.05) is 24.5 Å². The van der Waals surface area contributed by atoms with Gasteiger partial charge >= 0.3 is 0 Å². The number of likely N-dealkylation sites (tertiary alicyclic amines) is 1. The molecule has 2 atom stereocenters. The molecular formula is C20H22ClFN4O2. The van der Waals surface area contributed by atoms with Gasteiger partial charge in [-0.3, -0.25) is 9.59 Å². The molecule has 0 saturated carbocycles. The highest BCUT2D eigenvalue weighted by Crippen LogP contribution is 2.42. The Morgan fingerprint density at radius 1 is 1.39 bits per heavy atom. The van der Waals surface area contributed by atoms with Crippen molar-refractivity contribution in [1.29, 1.82) is 0 Å². The van der Waals surface area contributed by atoms with Gasteiger partial charge in [-0.05, 0) is 37.8 Å². The number of nitrogens with two attached hydrogens (primary N) is 1. The molecule has 2 fully saturated rings. The van der Waals surface area contributed by atoms with E-state index in [-0.39, 0.29) is 17.5 Å². The molecule has 0 radical (unpaired) electrons. The van der Waals surface area contributed by atoms with Gasteiger partial charge in [-0.2, -0.15) is 0 Å². The van der Waals surface area contributed by atoms with Crippen LogP contribution in [-0.2, 0) is 4.79 Å². The molecular weight excluding hydrogens is 383 g/mol.